The number of carbonyl (C=O) groups is 1. The Hall–Kier alpha value is -0.320. The van der Waals surface area contributed by atoms with E-state index < -0.39 is 0 Å². The lowest BCUT2D eigenvalue weighted by atomic mass is 9.75. The number of nitrogens with one attached hydrogen (secondary N) is 1. The molecule has 4 nitrogen and oxygen atoms in total. The van der Waals surface area contributed by atoms with Crippen molar-refractivity contribution in [2.45, 2.75) is 46.1 Å². The molecule has 0 saturated carbocycles. The number of carbonyl (C=O) groups excluding carboxylic acids is 1. The minimum Gasteiger partial charge on any atom is -0.378 e. The number of amides is 1. The Kier molecular flexibility index (Phi) is 6.76. The molecule has 0 aliphatic carbocycles. The predicted octanol–water partition coefficient (Wildman–Crippen LogP) is 2.07. The van der Waals surface area contributed by atoms with E-state index in [1.807, 2.05) is 4.90 Å². The first-order chi connectivity index (χ1) is 8.97. The maximum Gasteiger partial charge on any atom is 0.224 e. The van der Waals surface area contributed by atoms with Gasteiger partial charge in [-0.25, -0.2) is 0 Å². The maximum atomic E-state index is 12.3. The molecule has 2 aliphatic rings. The SMILES string of the molecule is CC(C)(C)C1CCN(C(=O)CC2COCCN2)CC1.Cl. The Morgan fingerprint density at radius 1 is 1.30 bits per heavy atom. The number of hydrogen-bond donors (Lipinski definition) is 1. The van der Waals surface area contributed by atoms with Crippen LogP contribution in [0.15, 0.2) is 0 Å². The van der Waals surface area contributed by atoms with Crippen molar-refractivity contribution in [2.75, 3.05) is 32.8 Å². The summed E-state index contributed by atoms with van der Waals surface area (Å²) in [5.41, 5.74) is 0.369. The standard InChI is InChI=1S/C15H28N2O2.ClH/c1-15(2,3)12-4-7-17(8-5-12)14(18)10-13-11-19-9-6-16-13;/h12-13,16H,4-11H2,1-3H3;1H. The molecule has 0 bridgehead atoms. The van der Waals surface area contributed by atoms with Gasteiger partial charge in [0.15, 0.2) is 0 Å². The summed E-state index contributed by atoms with van der Waals surface area (Å²) < 4.78 is 5.40. The lowest BCUT2D eigenvalue weighted by Crippen LogP contribution is -2.47. The molecule has 2 aliphatic heterocycles. The summed E-state index contributed by atoms with van der Waals surface area (Å²) in [7, 11) is 0. The third-order valence-electron chi connectivity index (χ3n) is 4.49. The van der Waals surface area contributed by atoms with Gasteiger partial charge in [-0.05, 0) is 24.2 Å². The highest BCUT2D eigenvalue weighted by Crippen LogP contribution is 2.34. The number of morpholine rings is 1. The number of nitrogens with zero attached hydrogens (tertiary/aromatic N) is 1. The summed E-state index contributed by atoms with van der Waals surface area (Å²) in [6, 6.07) is 0.210. The first kappa shape index (κ1) is 17.7. The zero-order valence-electron chi connectivity index (χ0n) is 13.0. The molecule has 1 N–H and O–H groups in total. The quantitative estimate of drug-likeness (QED) is 0.849. The molecule has 2 rings (SSSR count). The van der Waals surface area contributed by atoms with E-state index in [1.165, 1.54) is 0 Å². The molecular formula is C15H29ClN2O2. The molecule has 1 unspecified atom stereocenters. The summed E-state index contributed by atoms with van der Waals surface area (Å²) in [4.78, 5) is 14.3. The van der Waals surface area contributed by atoms with E-state index in [4.69, 9.17) is 4.74 Å². The van der Waals surface area contributed by atoms with Crippen molar-refractivity contribution in [2.24, 2.45) is 11.3 Å². The van der Waals surface area contributed by atoms with Crippen LogP contribution < -0.4 is 5.32 Å². The lowest BCUT2D eigenvalue weighted by Gasteiger charge is -2.39. The van der Waals surface area contributed by atoms with Gasteiger partial charge in [-0.1, -0.05) is 20.8 Å². The highest BCUT2D eigenvalue weighted by Gasteiger charge is 2.31. The Morgan fingerprint density at radius 3 is 2.45 bits per heavy atom. The Bertz CT molecular complexity index is 303. The molecule has 0 aromatic rings. The van der Waals surface area contributed by atoms with Gasteiger partial charge in [0.05, 0.1) is 13.2 Å². The van der Waals surface area contributed by atoms with Gasteiger partial charge < -0.3 is 15.0 Å². The Balaban J connectivity index is 0.00000200. The number of ether oxygens (including phenoxy) is 1. The van der Waals surface area contributed by atoms with Gasteiger partial charge in [0, 0.05) is 32.1 Å². The first-order valence-electron chi connectivity index (χ1n) is 7.55. The molecule has 2 heterocycles. The second-order valence-corrected chi connectivity index (χ2v) is 6.95. The smallest absolute Gasteiger partial charge is 0.224 e. The third kappa shape index (κ3) is 4.90. The van der Waals surface area contributed by atoms with Crippen molar-refractivity contribution >= 4 is 18.3 Å². The largest absolute Gasteiger partial charge is 0.378 e. The van der Waals surface area contributed by atoms with Gasteiger partial charge in [-0.3, -0.25) is 4.79 Å². The highest BCUT2D eigenvalue weighted by molar-refractivity contribution is 5.85. The van der Waals surface area contributed by atoms with Crippen LogP contribution in [0, 0.1) is 11.3 Å². The van der Waals surface area contributed by atoms with Crippen LogP contribution in [0.1, 0.15) is 40.0 Å². The van der Waals surface area contributed by atoms with Crippen LogP contribution in [0.4, 0.5) is 0 Å². The minimum absolute atomic E-state index is 0. The monoisotopic (exact) mass is 304 g/mol. The molecule has 1 atom stereocenters. The van der Waals surface area contributed by atoms with Crippen LogP contribution in [0.25, 0.3) is 0 Å². The fraction of sp³-hybridized carbons (Fsp3) is 0.933. The molecule has 0 aromatic carbocycles. The van der Waals surface area contributed by atoms with Crippen molar-refractivity contribution in [1.29, 1.82) is 0 Å². The van der Waals surface area contributed by atoms with Crippen LogP contribution in [0.2, 0.25) is 0 Å². The second-order valence-electron chi connectivity index (χ2n) is 6.95. The zero-order valence-corrected chi connectivity index (χ0v) is 13.8. The van der Waals surface area contributed by atoms with Crippen molar-refractivity contribution in [1.82, 2.24) is 10.2 Å². The van der Waals surface area contributed by atoms with Gasteiger partial charge in [-0.15, -0.1) is 12.4 Å². The molecular weight excluding hydrogens is 276 g/mol. The van der Waals surface area contributed by atoms with Crippen molar-refractivity contribution < 1.29 is 9.53 Å². The number of halogens is 1. The fourth-order valence-electron chi connectivity index (χ4n) is 3.09. The molecule has 1 amide bonds. The van der Waals surface area contributed by atoms with Crippen molar-refractivity contribution in [3.8, 4) is 0 Å². The molecule has 2 saturated heterocycles. The average Bonchev–Trinajstić information content (AvgIpc) is 2.39. The Morgan fingerprint density at radius 2 is 1.95 bits per heavy atom. The van der Waals surface area contributed by atoms with E-state index in [0.29, 0.717) is 18.4 Å². The van der Waals surface area contributed by atoms with Gasteiger partial charge in [0.1, 0.15) is 0 Å². The van der Waals surface area contributed by atoms with Crippen LogP contribution in [-0.2, 0) is 9.53 Å². The molecule has 20 heavy (non-hydrogen) atoms. The molecule has 118 valence electrons. The van der Waals surface area contributed by atoms with Gasteiger partial charge in [0.2, 0.25) is 5.91 Å². The van der Waals surface area contributed by atoms with Crippen LogP contribution in [-0.4, -0.2) is 49.7 Å². The van der Waals surface area contributed by atoms with E-state index in [9.17, 15) is 4.79 Å². The summed E-state index contributed by atoms with van der Waals surface area (Å²) in [5.74, 6) is 1.03. The van der Waals surface area contributed by atoms with Crippen LogP contribution in [0.3, 0.4) is 0 Å². The van der Waals surface area contributed by atoms with Crippen LogP contribution in [0.5, 0.6) is 0 Å². The summed E-state index contributed by atoms with van der Waals surface area (Å²) >= 11 is 0. The molecule has 0 aromatic heterocycles. The van der Waals surface area contributed by atoms with Gasteiger partial charge in [0.25, 0.3) is 0 Å². The van der Waals surface area contributed by atoms with E-state index in [-0.39, 0.29) is 24.4 Å². The number of rotatable bonds is 2. The normalized spacial score (nSPS) is 25.1. The topological polar surface area (TPSA) is 41.6 Å². The van der Waals surface area contributed by atoms with E-state index in [2.05, 4.69) is 26.1 Å². The summed E-state index contributed by atoms with van der Waals surface area (Å²) in [6.45, 7) is 11.1. The van der Waals surface area contributed by atoms with Crippen molar-refractivity contribution in [3.63, 3.8) is 0 Å². The van der Waals surface area contributed by atoms with Gasteiger partial charge >= 0.3 is 0 Å². The molecule has 0 spiro atoms. The Labute approximate surface area is 129 Å². The highest BCUT2D eigenvalue weighted by atomic mass is 35.5. The predicted molar refractivity (Wildman–Crippen MR) is 83.2 cm³/mol. The number of likely N-dealkylation sites (tertiary alicyclic amines) is 1. The summed E-state index contributed by atoms with van der Waals surface area (Å²) in [5, 5.41) is 3.35. The minimum atomic E-state index is 0. The number of piperidine rings is 1. The maximum absolute atomic E-state index is 12.3. The molecule has 5 heteroatoms. The van der Waals surface area contributed by atoms with Crippen molar-refractivity contribution in [3.05, 3.63) is 0 Å². The second kappa shape index (κ2) is 7.62. The van der Waals surface area contributed by atoms with E-state index in [0.717, 1.165) is 45.0 Å². The average molecular weight is 305 g/mol. The molecule has 0 radical (unpaired) electrons. The molecule has 2 fully saturated rings. The third-order valence-corrected chi connectivity index (χ3v) is 4.49. The van der Waals surface area contributed by atoms with Gasteiger partial charge in [-0.2, -0.15) is 0 Å². The van der Waals surface area contributed by atoms with E-state index >= 15 is 0 Å². The fourth-order valence-corrected chi connectivity index (χ4v) is 3.09. The van der Waals surface area contributed by atoms with Crippen LogP contribution >= 0.6 is 12.4 Å². The zero-order chi connectivity index (χ0) is 13.9. The van der Waals surface area contributed by atoms with E-state index in [1.54, 1.807) is 0 Å². The summed E-state index contributed by atoms with van der Waals surface area (Å²) in [6.07, 6.45) is 2.87. The lowest BCUT2D eigenvalue weighted by molar-refractivity contribution is -0.134. The number of hydrogen-bond acceptors (Lipinski definition) is 3. The first-order valence-corrected chi connectivity index (χ1v) is 7.55.